The Labute approximate surface area is 193 Å². The molecule has 1 unspecified atom stereocenters. The van der Waals surface area contributed by atoms with Crippen molar-refractivity contribution < 1.29 is 23.9 Å². The SMILES string of the molecule is COc1cc2c(cc1OC)CN(C(=O)CN1C(=O)NC(C)(CCc3ccccc3)C1=O)CC2. The number of nitrogens with one attached hydrogen (secondary N) is 1. The summed E-state index contributed by atoms with van der Waals surface area (Å²) in [4.78, 5) is 41.4. The maximum Gasteiger partial charge on any atom is 0.325 e. The van der Waals surface area contributed by atoms with Crippen LogP contribution in [-0.2, 0) is 29.0 Å². The molecule has 1 atom stereocenters. The molecule has 2 aromatic rings. The van der Waals surface area contributed by atoms with E-state index in [0.717, 1.165) is 21.6 Å². The van der Waals surface area contributed by atoms with Crippen LogP contribution in [0.3, 0.4) is 0 Å². The lowest BCUT2D eigenvalue weighted by molar-refractivity contribution is -0.139. The van der Waals surface area contributed by atoms with Crippen molar-refractivity contribution in [2.45, 2.75) is 38.3 Å². The van der Waals surface area contributed by atoms with E-state index in [1.165, 1.54) is 0 Å². The molecule has 8 nitrogen and oxygen atoms in total. The van der Waals surface area contributed by atoms with E-state index in [4.69, 9.17) is 9.47 Å². The van der Waals surface area contributed by atoms with Crippen LogP contribution >= 0.6 is 0 Å². The predicted molar refractivity (Wildman–Crippen MR) is 122 cm³/mol. The number of rotatable bonds is 7. The zero-order valence-corrected chi connectivity index (χ0v) is 19.2. The summed E-state index contributed by atoms with van der Waals surface area (Å²) in [5, 5.41) is 2.79. The highest BCUT2D eigenvalue weighted by Crippen LogP contribution is 2.33. The largest absolute Gasteiger partial charge is 0.493 e. The number of ether oxygens (including phenoxy) is 2. The number of fused-ring (bicyclic) bond motifs is 1. The van der Waals surface area contributed by atoms with Crippen molar-refractivity contribution in [3.63, 3.8) is 0 Å². The van der Waals surface area contributed by atoms with Gasteiger partial charge < -0.3 is 19.7 Å². The summed E-state index contributed by atoms with van der Waals surface area (Å²) < 4.78 is 10.7. The number of hydrogen-bond acceptors (Lipinski definition) is 5. The van der Waals surface area contributed by atoms with Gasteiger partial charge >= 0.3 is 6.03 Å². The lowest BCUT2D eigenvalue weighted by atomic mass is 9.93. The number of nitrogens with zero attached hydrogens (tertiary/aromatic N) is 2. The third-order valence-electron chi connectivity index (χ3n) is 6.47. The van der Waals surface area contributed by atoms with E-state index in [2.05, 4.69) is 5.32 Å². The number of benzene rings is 2. The fourth-order valence-electron chi connectivity index (χ4n) is 4.43. The number of aryl methyl sites for hydroxylation is 1. The van der Waals surface area contributed by atoms with Gasteiger partial charge in [-0.25, -0.2) is 4.79 Å². The van der Waals surface area contributed by atoms with Gasteiger partial charge in [-0.15, -0.1) is 0 Å². The zero-order chi connectivity index (χ0) is 23.6. The van der Waals surface area contributed by atoms with Gasteiger partial charge in [0.1, 0.15) is 12.1 Å². The summed E-state index contributed by atoms with van der Waals surface area (Å²) in [6.07, 6.45) is 1.78. The number of hydrogen-bond donors (Lipinski definition) is 1. The van der Waals surface area contributed by atoms with Crippen LogP contribution in [0, 0.1) is 0 Å². The molecule has 2 aliphatic heterocycles. The van der Waals surface area contributed by atoms with Crippen LogP contribution in [0.25, 0.3) is 0 Å². The van der Waals surface area contributed by atoms with Crippen LogP contribution in [0.5, 0.6) is 11.5 Å². The van der Waals surface area contributed by atoms with Crippen molar-refractivity contribution >= 4 is 17.8 Å². The Morgan fingerprint density at radius 1 is 1.06 bits per heavy atom. The number of imide groups is 1. The number of carbonyl (C=O) groups excluding carboxylic acids is 3. The molecule has 0 saturated carbocycles. The molecule has 2 aromatic carbocycles. The maximum atomic E-state index is 13.1. The quantitative estimate of drug-likeness (QED) is 0.654. The van der Waals surface area contributed by atoms with E-state index in [0.29, 0.717) is 43.9 Å². The van der Waals surface area contributed by atoms with Gasteiger partial charge in [-0.1, -0.05) is 30.3 Å². The number of urea groups is 1. The molecule has 4 amide bonds. The summed E-state index contributed by atoms with van der Waals surface area (Å²) >= 11 is 0. The van der Waals surface area contributed by atoms with Crippen LogP contribution in [0.2, 0.25) is 0 Å². The minimum atomic E-state index is -1.02. The smallest absolute Gasteiger partial charge is 0.325 e. The van der Waals surface area contributed by atoms with Crippen LogP contribution in [0.15, 0.2) is 42.5 Å². The molecular weight excluding hydrogens is 422 g/mol. The molecular formula is C25H29N3O5. The van der Waals surface area contributed by atoms with Crippen molar-refractivity contribution in [3.8, 4) is 11.5 Å². The third kappa shape index (κ3) is 4.51. The Balaban J connectivity index is 1.41. The van der Waals surface area contributed by atoms with Crippen LogP contribution in [0.1, 0.15) is 30.0 Å². The fourth-order valence-corrected chi connectivity index (χ4v) is 4.43. The summed E-state index contributed by atoms with van der Waals surface area (Å²) in [5.74, 6) is 0.644. The van der Waals surface area contributed by atoms with Gasteiger partial charge in [0.05, 0.1) is 14.2 Å². The standard InChI is InChI=1S/C25H29N3O5/c1-25(11-9-17-7-5-4-6-8-17)23(30)28(24(31)26-25)16-22(29)27-12-10-18-13-20(32-2)21(33-3)14-19(18)15-27/h4-8,13-14H,9-12,15-16H2,1-3H3,(H,26,31). The Morgan fingerprint density at radius 3 is 2.39 bits per heavy atom. The molecule has 174 valence electrons. The summed E-state index contributed by atoms with van der Waals surface area (Å²) in [6, 6.07) is 13.1. The first kappa shape index (κ1) is 22.6. The first-order valence-electron chi connectivity index (χ1n) is 11.0. The zero-order valence-electron chi connectivity index (χ0n) is 19.2. The molecule has 4 rings (SSSR count). The highest BCUT2D eigenvalue weighted by atomic mass is 16.5. The molecule has 0 radical (unpaired) electrons. The van der Waals surface area contributed by atoms with E-state index in [1.807, 2.05) is 42.5 Å². The van der Waals surface area contributed by atoms with Crippen LogP contribution < -0.4 is 14.8 Å². The number of methoxy groups -OCH3 is 2. The van der Waals surface area contributed by atoms with Gasteiger partial charge in [-0.3, -0.25) is 14.5 Å². The van der Waals surface area contributed by atoms with Gasteiger partial charge in [0.15, 0.2) is 11.5 Å². The van der Waals surface area contributed by atoms with Crippen LogP contribution in [0.4, 0.5) is 4.79 Å². The number of amides is 4. The average molecular weight is 452 g/mol. The van der Waals surface area contributed by atoms with Crippen molar-refractivity contribution in [3.05, 3.63) is 59.2 Å². The molecule has 8 heteroatoms. The van der Waals surface area contributed by atoms with E-state index in [1.54, 1.807) is 26.0 Å². The van der Waals surface area contributed by atoms with Crippen molar-refractivity contribution in [1.82, 2.24) is 15.1 Å². The minimum Gasteiger partial charge on any atom is -0.493 e. The normalized spacial score (nSPS) is 19.8. The molecule has 0 spiro atoms. The molecule has 1 N–H and O–H groups in total. The first-order valence-corrected chi connectivity index (χ1v) is 11.0. The highest BCUT2D eigenvalue weighted by molar-refractivity contribution is 6.08. The van der Waals surface area contributed by atoms with Crippen LogP contribution in [-0.4, -0.2) is 60.5 Å². The second-order valence-corrected chi connectivity index (χ2v) is 8.68. The van der Waals surface area contributed by atoms with Gasteiger partial charge in [0, 0.05) is 13.1 Å². The Kier molecular flexibility index (Phi) is 6.26. The van der Waals surface area contributed by atoms with Crippen molar-refractivity contribution in [2.75, 3.05) is 27.3 Å². The second kappa shape index (κ2) is 9.13. The molecule has 2 heterocycles. The lowest BCUT2D eigenvalue weighted by Crippen LogP contribution is -2.46. The number of carbonyl (C=O) groups is 3. The van der Waals surface area contributed by atoms with Crippen molar-refractivity contribution in [1.29, 1.82) is 0 Å². The topological polar surface area (TPSA) is 88.2 Å². The molecule has 0 aromatic heterocycles. The van der Waals surface area contributed by atoms with E-state index >= 15 is 0 Å². The molecule has 0 aliphatic carbocycles. The van der Waals surface area contributed by atoms with E-state index in [-0.39, 0.29) is 18.4 Å². The van der Waals surface area contributed by atoms with E-state index in [9.17, 15) is 14.4 Å². The third-order valence-corrected chi connectivity index (χ3v) is 6.47. The Morgan fingerprint density at radius 2 is 1.73 bits per heavy atom. The molecule has 33 heavy (non-hydrogen) atoms. The summed E-state index contributed by atoms with van der Waals surface area (Å²) in [7, 11) is 3.16. The molecule has 1 fully saturated rings. The first-order chi connectivity index (χ1) is 15.8. The van der Waals surface area contributed by atoms with Crippen molar-refractivity contribution in [2.24, 2.45) is 0 Å². The molecule has 1 saturated heterocycles. The van der Waals surface area contributed by atoms with Gasteiger partial charge in [-0.2, -0.15) is 0 Å². The minimum absolute atomic E-state index is 0.258. The Bertz CT molecular complexity index is 1070. The monoisotopic (exact) mass is 451 g/mol. The highest BCUT2D eigenvalue weighted by Gasteiger charge is 2.48. The van der Waals surface area contributed by atoms with E-state index < -0.39 is 11.6 Å². The maximum absolute atomic E-state index is 13.1. The summed E-state index contributed by atoms with van der Waals surface area (Å²) in [6.45, 7) is 2.35. The van der Waals surface area contributed by atoms with Gasteiger partial charge in [-0.05, 0) is 55.0 Å². The lowest BCUT2D eigenvalue weighted by Gasteiger charge is -2.30. The predicted octanol–water partition coefficient (Wildman–Crippen LogP) is 2.53. The van der Waals surface area contributed by atoms with Gasteiger partial charge in [0.2, 0.25) is 5.91 Å². The fraction of sp³-hybridized carbons (Fsp3) is 0.400. The van der Waals surface area contributed by atoms with Gasteiger partial charge in [0.25, 0.3) is 5.91 Å². The second-order valence-electron chi connectivity index (χ2n) is 8.68. The molecule has 2 aliphatic rings. The summed E-state index contributed by atoms with van der Waals surface area (Å²) in [5.41, 5.74) is 2.14. The average Bonchev–Trinajstić information content (AvgIpc) is 3.05. The molecule has 0 bridgehead atoms. The Hall–Kier alpha value is -3.55.